The molecule has 0 spiro atoms. The van der Waals surface area contributed by atoms with E-state index < -0.39 is 9.92 Å². The van der Waals surface area contributed by atoms with Gasteiger partial charge in [-0.3, -0.25) is 4.90 Å². The van der Waals surface area contributed by atoms with Crippen molar-refractivity contribution >= 4 is 9.92 Å². The summed E-state index contributed by atoms with van der Waals surface area (Å²) in [6.07, 6.45) is 4.19. The van der Waals surface area contributed by atoms with Gasteiger partial charge in [0.25, 0.3) is 0 Å². The second-order valence-corrected chi connectivity index (χ2v) is 6.12. The smallest absolute Gasteiger partial charge is 0.104 e. The molecule has 4 nitrogen and oxygen atoms in total. The molecule has 1 saturated heterocycles. The molecule has 2 aliphatic rings. The van der Waals surface area contributed by atoms with Crippen molar-refractivity contribution in [1.29, 1.82) is 4.78 Å². The summed E-state index contributed by atoms with van der Waals surface area (Å²) in [7, 11) is -2.45. The monoisotopic (exact) mass is 203 g/mol. The van der Waals surface area contributed by atoms with Crippen molar-refractivity contribution in [3.63, 3.8) is 0 Å². The molecule has 0 amide bonds. The van der Waals surface area contributed by atoms with Gasteiger partial charge in [-0.2, -0.15) is 0 Å². The second kappa shape index (κ2) is 3.22. The van der Waals surface area contributed by atoms with E-state index in [-0.39, 0.29) is 0 Å². The first-order valence-electron chi connectivity index (χ1n) is 4.80. The predicted octanol–water partition coefficient (Wildman–Crippen LogP) is 0.358. The number of rotatable bonds is 2. The zero-order valence-electron chi connectivity index (χ0n) is 8.03. The minimum absolute atomic E-state index is 0.801. The maximum absolute atomic E-state index is 11.4. The lowest BCUT2D eigenvalue weighted by molar-refractivity contribution is 0.183. The van der Waals surface area contributed by atoms with Crippen molar-refractivity contribution in [3.8, 4) is 0 Å². The van der Waals surface area contributed by atoms with Crippen LogP contribution in [0.3, 0.4) is 0 Å². The van der Waals surface area contributed by atoms with E-state index in [1.807, 2.05) is 0 Å². The van der Waals surface area contributed by atoms with Crippen LogP contribution in [0.1, 0.15) is 12.8 Å². The van der Waals surface area contributed by atoms with Crippen LogP contribution >= 0.6 is 0 Å². The van der Waals surface area contributed by atoms with Gasteiger partial charge >= 0.3 is 0 Å². The summed E-state index contributed by atoms with van der Waals surface area (Å²) in [6.45, 7) is 3.59. The largest absolute Gasteiger partial charge is 0.298 e. The highest BCUT2D eigenvalue weighted by molar-refractivity contribution is 7.89. The Morgan fingerprint density at radius 1 is 1.23 bits per heavy atom. The van der Waals surface area contributed by atoms with Crippen LogP contribution in [0.15, 0.2) is 0 Å². The van der Waals surface area contributed by atoms with Crippen molar-refractivity contribution in [3.05, 3.63) is 0 Å². The number of nitrogens with one attached hydrogen (secondary N) is 1. The Morgan fingerprint density at radius 3 is 2.15 bits per heavy atom. The molecule has 13 heavy (non-hydrogen) atoms. The first-order chi connectivity index (χ1) is 6.07. The van der Waals surface area contributed by atoms with Crippen LogP contribution in [0.2, 0.25) is 0 Å². The fraction of sp³-hybridized carbons (Fsp3) is 1.00. The minimum atomic E-state index is -2.45. The maximum atomic E-state index is 11.4. The standard InChI is InChI=1S/C8H17N3OS/c1-13(9,12)11-6-4-10(5-7-11)8-2-3-8/h8-9H,2-7H2,1H3. The second-order valence-electron chi connectivity index (χ2n) is 4.00. The summed E-state index contributed by atoms with van der Waals surface area (Å²) in [4.78, 5) is 2.46. The molecule has 5 heteroatoms. The van der Waals surface area contributed by atoms with Crippen LogP contribution in [0.25, 0.3) is 0 Å². The molecular formula is C8H17N3OS. The third kappa shape index (κ3) is 2.21. The summed E-state index contributed by atoms with van der Waals surface area (Å²) in [5.74, 6) is 0. The number of piperazine rings is 1. The lowest BCUT2D eigenvalue weighted by atomic mass is 10.3. The van der Waals surface area contributed by atoms with Gasteiger partial charge < -0.3 is 0 Å². The Labute approximate surface area is 80.0 Å². The van der Waals surface area contributed by atoms with Crippen molar-refractivity contribution in [2.75, 3.05) is 32.4 Å². The molecule has 0 radical (unpaired) electrons. The SMILES string of the molecule is CS(=N)(=O)N1CCN(C2CC2)CC1. The fourth-order valence-electron chi connectivity index (χ4n) is 1.86. The molecule has 76 valence electrons. The molecule has 0 aromatic carbocycles. The van der Waals surface area contributed by atoms with Crippen molar-refractivity contribution in [2.24, 2.45) is 0 Å². The molecule has 0 bridgehead atoms. The van der Waals surface area contributed by atoms with Crippen molar-refractivity contribution in [1.82, 2.24) is 9.21 Å². The molecule has 2 fully saturated rings. The topological polar surface area (TPSA) is 47.4 Å². The summed E-state index contributed by atoms with van der Waals surface area (Å²) in [6, 6.07) is 0.806. The number of hydrogen-bond acceptors (Lipinski definition) is 3. The summed E-state index contributed by atoms with van der Waals surface area (Å²) in [5.41, 5.74) is 0. The average molecular weight is 203 g/mol. The molecule has 1 heterocycles. The van der Waals surface area contributed by atoms with Gasteiger partial charge in [0, 0.05) is 38.5 Å². The molecular weight excluding hydrogens is 186 g/mol. The fourth-order valence-corrected chi connectivity index (χ4v) is 2.72. The van der Waals surface area contributed by atoms with E-state index in [1.165, 1.54) is 19.1 Å². The van der Waals surface area contributed by atoms with Gasteiger partial charge in [-0.15, -0.1) is 0 Å². The van der Waals surface area contributed by atoms with E-state index in [4.69, 9.17) is 4.78 Å². The summed E-state index contributed by atoms with van der Waals surface area (Å²) < 4.78 is 20.7. The zero-order chi connectivity index (χ0) is 9.47. The molecule has 1 aliphatic carbocycles. The predicted molar refractivity (Wildman–Crippen MR) is 53.0 cm³/mol. The van der Waals surface area contributed by atoms with E-state index in [9.17, 15) is 4.21 Å². The first kappa shape index (κ1) is 9.43. The van der Waals surface area contributed by atoms with Crippen molar-refractivity contribution < 1.29 is 4.21 Å². The van der Waals surface area contributed by atoms with Gasteiger partial charge in [0.1, 0.15) is 9.92 Å². The first-order valence-corrected chi connectivity index (χ1v) is 6.72. The molecule has 0 aromatic rings. The molecule has 1 N–H and O–H groups in total. The van der Waals surface area contributed by atoms with E-state index >= 15 is 0 Å². The quantitative estimate of drug-likeness (QED) is 0.704. The lowest BCUT2D eigenvalue weighted by Crippen LogP contribution is -2.48. The van der Waals surface area contributed by atoms with Gasteiger partial charge in [-0.05, 0) is 12.8 Å². The molecule has 2 rings (SSSR count). The molecule has 1 aliphatic heterocycles. The highest BCUT2D eigenvalue weighted by atomic mass is 32.2. The van der Waals surface area contributed by atoms with Crippen LogP contribution in [0.4, 0.5) is 0 Å². The Hall–Kier alpha value is -0.130. The summed E-state index contributed by atoms with van der Waals surface area (Å²) >= 11 is 0. The van der Waals surface area contributed by atoms with Gasteiger partial charge in [0.2, 0.25) is 0 Å². The summed E-state index contributed by atoms with van der Waals surface area (Å²) in [5, 5.41) is 0. The third-order valence-corrected chi connectivity index (χ3v) is 4.18. The Morgan fingerprint density at radius 2 is 1.77 bits per heavy atom. The Bertz CT molecular complexity index is 276. The van der Waals surface area contributed by atoms with Crippen LogP contribution in [0, 0.1) is 4.78 Å². The highest BCUT2D eigenvalue weighted by Crippen LogP contribution is 2.27. The molecule has 1 atom stereocenters. The van der Waals surface area contributed by atoms with Crippen LogP contribution in [0.5, 0.6) is 0 Å². The normalized spacial score (nSPS) is 31.5. The van der Waals surface area contributed by atoms with Crippen LogP contribution < -0.4 is 0 Å². The van der Waals surface area contributed by atoms with Crippen LogP contribution in [-0.2, 0) is 9.92 Å². The highest BCUT2D eigenvalue weighted by Gasteiger charge is 2.32. The average Bonchev–Trinajstić information content (AvgIpc) is 2.85. The third-order valence-electron chi connectivity index (χ3n) is 2.83. The molecule has 0 aromatic heterocycles. The van der Waals surface area contributed by atoms with E-state index in [2.05, 4.69) is 4.90 Å². The van der Waals surface area contributed by atoms with Gasteiger partial charge in [0.05, 0.1) is 0 Å². The number of nitrogens with zero attached hydrogens (tertiary/aromatic N) is 2. The zero-order valence-corrected chi connectivity index (χ0v) is 8.85. The maximum Gasteiger partial charge on any atom is 0.104 e. The molecule has 1 saturated carbocycles. The van der Waals surface area contributed by atoms with E-state index in [0.29, 0.717) is 0 Å². The lowest BCUT2D eigenvalue weighted by Gasteiger charge is -2.34. The molecule has 1 unspecified atom stereocenters. The van der Waals surface area contributed by atoms with Crippen LogP contribution in [-0.4, -0.2) is 51.9 Å². The Kier molecular flexibility index (Phi) is 2.33. The number of hydrogen-bond donors (Lipinski definition) is 1. The van der Waals surface area contributed by atoms with E-state index in [1.54, 1.807) is 4.31 Å². The van der Waals surface area contributed by atoms with Gasteiger partial charge in [-0.1, -0.05) is 0 Å². The van der Waals surface area contributed by atoms with Gasteiger partial charge in [-0.25, -0.2) is 13.3 Å². The van der Waals surface area contributed by atoms with Gasteiger partial charge in [0.15, 0.2) is 0 Å². The Balaban J connectivity index is 1.88. The minimum Gasteiger partial charge on any atom is -0.298 e. The van der Waals surface area contributed by atoms with E-state index in [0.717, 1.165) is 32.2 Å². The van der Waals surface area contributed by atoms with Crippen molar-refractivity contribution in [2.45, 2.75) is 18.9 Å².